The second-order valence-electron chi connectivity index (χ2n) is 7.37. The second kappa shape index (κ2) is 12.3. The zero-order valence-corrected chi connectivity index (χ0v) is 19.9. The SMILES string of the molecule is CCNC(=NCc1cccc(CN2CCOCC2)c1)N1CCN(C(C)=O)CC1.I. The van der Waals surface area contributed by atoms with E-state index >= 15 is 0 Å². The molecule has 2 heterocycles. The van der Waals surface area contributed by atoms with E-state index in [1.807, 2.05) is 4.90 Å². The number of halogens is 1. The van der Waals surface area contributed by atoms with Crippen molar-refractivity contribution >= 4 is 35.8 Å². The molecule has 0 atom stereocenters. The van der Waals surface area contributed by atoms with Gasteiger partial charge in [-0.15, -0.1) is 24.0 Å². The van der Waals surface area contributed by atoms with Crippen molar-refractivity contribution < 1.29 is 9.53 Å². The fourth-order valence-electron chi connectivity index (χ4n) is 3.67. The maximum absolute atomic E-state index is 11.5. The third-order valence-electron chi connectivity index (χ3n) is 5.27. The molecule has 2 aliphatic heterocycles. The van der Waals surface area contributed by atoms with E-state index < -0.39 is 0 Å². The highest BCUT2D eigenvalue weighted by molar-refractivity contribution is 14.0. The molecule has 7 nitrogen and oxygen atoms in total. The van der Waals surface area contributed by atoms with Crippen LogP contribution in [0.25, 0.3) is 0 Å². The van der Waals surface area contributed by atoms with Gasteiger partial charge in [0.1, 0.15) is 0 Å². The van der Waals surface area contributed by atoms with Crippen molar-refractivity contribution in [3.05, 3.63) is 35.4 Å². The standard InChI is InChI=1S/C21H33N5O2.HI/c1-3-22-21(26-9-7-25(8-10-26)18(2)27)23-16-19-5-4-6-20(15-19)17-24-11-13-28-14-12-24;/h4-6,15H,3,7-14,16-17H2,1-2H3,(H,22,23);1H. The molecule has 162 valence electrons. The number of nitrogens with one attached hydrogen (secondary N) is 1. The van der Waals surface area contributed by atoms with Crippen LogP contribution >= 0.6 is 24.0 Å². The zero-order chi connectivity index (χ0) is 19.8. The number of morpholine rings is 1. The number of carbonyl (C=O) groups excluding carboxylic acids is 1. The minimum absolute atomic E-state index is 0. The van der Waals surface area contributed by atoms with Crippen molar-refractivity contribution in [1.29, 1.82) is 0 Å². The molecule has 0 aliphatic carbocycles. The van der Waals surface area contributed by atoms with E-state index in [9.17, 15) is 4.79 Å². The molecule has 1 aromatic rings. The summed E-state index contributed by atoms with van der Waals surface area (Å²) in [6, 6.07) is 8.72. The summed E-state index contributed by atoms with van der Waals surface area (Å²) in [6.45, 7) is 13.0. The van der Waals surface area contributed by atoms with Gasteiger partial charge in [0, 0.05) is 59.3 Å². The van der Waals surface area contributed by atoms with E-state index in [1.165, 1.54) is 11.1 Å². The molecule has 1 amide bonds. The number of benzene rings is 1. The molecular formula is C21H34IN5O2. The lowest BCUT2D eigenvalue weighted by Crippen LogP contribution is -2.53. The van der Waals surface area contributed by atoms with Crippen molar-refractivity contribution in [3.63, 3.8) is 0 Å². The van der Waals surface area contributed by atoms with Gasteiger partial charge in [-0.1, -0.05) is 24.3 Å². The number of rotatable bonds is 5. The van der Waals surface area contributed by atoms with E-state index in [-0.39, 0.29) is 29.9 Å². The highest BCUT2D eigenvalue weighted by Crippen LogP contribution is 2.11. The van der Waals surface area contributed by atoms with Crippen LogP contribution in [0.15, 0.2) is 29.3 Å². The quantitative estimate of drug-likeness (QED) is 0.368. The molecule has 0 saturated carbocycles. The summed E-state index contributed by atoms with van der Waals surface area (Å²) in [7, 11) is 0. The fourth-order valence-corrected chi connectivity index (χ4v) is 3.67. The molecule has 29 heavy (non-hydrogen) atoms. The Hall–Kier alpha value is -1.39. The van der Waals surface area contributed by atoms with Crippen molar-refractivity contribution in [2.75, 3.05) is 59.0 Å². The lowest BCUT2D eigenvalue weighted by molar-refractivity contribution is -0.130. The normalized spacial score (nSPS) is 18.3. The molecule has 3 rings (SSSR count). The van der Waals surface area contributed by atoms with Gasteiger partial charge in [0.15, 0.2) is 5.96 Å². The Bertz CT molecular complexity index is 671. The van der Waals surface area contributed by atoms with Crippen LogP contribution in [0.1, 0.15) is 25.0 Å². The third kappa shape index (κ3) is 7.42. The van der Waals surface area contributed by atoms with Gasteiger partial charge in [0.05, 0.1) is 19.8 Å². The van der Waals surface area contributed by atoms with Crippen LogP contribution in [0, 0.1) is 0 Å². The Kier molecular flexibility index (Phi) is 10.2. The van der Waals surface area contributed by atoms with Crippen LogP contribution in [-0.4, -0.2) is 85.6 Å². The van der Waals surface area contributed by atoms with E-state index in [2.05, 4.69) is 46.3 Å². The summed E-state index contributed by atoms with van der Waals surface area (Å²) in [5, 5.41) is 3.40. The zero-order valence-electron chi connectivity index (χ0n) is 17.6. The summed E-state index contributed by atoms with van der Waals surface area (Å²) in [6.07, 6.45) is 0. The van der Waals surface area contributed by atoms with E-state index in [0.29, 0.717) is 6.54 Å². The molecule has 0 unspecified atom stereocenters. The molecule has 1 N–H and O–H groups in total. The predicted molar refractivity (Wildman–Crippen MR) is 127 cm³/mol. The number of ether oxygens (including phenoxy) is 1. The number of guanidine groups is 1. The molecule has 0 spiro atoms. The average molecular weight is 515 g/mol. The van der Waals surface area contributed by atoms with Crippen LogP contribution in [-0.2, 0) is 22.6 Å². The lowest BCUT2D eigenvalue weighted by Gasteiger charge is -2.36. The number of hydrogen-bond donors (Lipinski definition) is 1. The van der Waals surface area contributed by atoms with Crippen LogP contribution < -0.4 is 5.32 Å². The van der Waals surface area contributed by atoms with E-state index in [4.69, 9.17) is 9.73 Å². The first-order valence-electron chi connectivity index (χ1n) is 10.3. The summed E-state index contributed by atoms with van der Waals surface area (Å²) < 4.78 is 5.43. The fraction of sp³-hybridized carbons (Fsp3) is 0.619. The number of nitrogens with zero attached hydrogens (tertiary/aromatic N) is 4. The van der Waals surface area contributed by atoms with Crippen molar-refractivity contribution in [2.24, 2.45) is 4.99 Å². The number of aliphatic imine (C=N–C) groups is 1. The lowest BCUT2D eigenvalue weighted by atomic mass is 10.1. The van der Waals surface area contributed by atoms with Gasteiger partial charge in [-0.2, -0.15) is 0 Å². The Morgan fingerprint density at radius 1 is 1.07 bits per heavy atom. The van der Waals surface area contributed by atoms with Crippen LogP contribution in [0.4, 0.5) is 0 Å². The smallest absolute Gasteiger partial charge is 0.219 e. The maximum atomic E-state index is 11.5. The Morgan fingerprint density at radius 3 is 2.38 bits per heavy atom. The van der Waals surface area contributed by atoms with Crippen molar-refractivity contribution in [2.45, 2.75) is 26.9 Å². The average Bonchev–Trinajstić information content (AvgIpc) is 2.72. The molecule has 0 bridgehead atoms. The van der Waals surface area contributed by atoms with Gasteiger partial charge < -0.3 is 19.9 Å². The highest BCUT2D eigenvalue weighted by atomic mass is 127. The number of amides is 1. The van der Waals surface area contributed by atoms with E-state index in [0.717, 1.165) is 71.5 Å². The molecule has 0 aromatic heterocycles. The van der Waals surface area contributed by atoms with Gasteiger partial charge in [0.2, 0.25) is 5.91 Å². The Balaban J connectivity index is 0.00000300. The van der Waals surface area contributed by atoms with E-state index in [1.54, 1.807) is 6.92 Å². The minimum Gasteiger partial charge on any atom is -0.379 e. The van der Waals surface area contributed by atoms with Gasteiger partial charge in [-0.3, -0.25) is 9.69 Å². The second-order valence-corrected chi connectivity index (χ2v) is 7.37. The molecule has 1 aromatic carbocycles. The first-order valence-corrected chi connectivity index (χ1v) is 10.3. The Labute approximate surface area is 191 Å². The van der Waals surface area contributed by atoms with Crippen molar-refractivity contribution in [1.82, 2.24) is 20.0 Å². The number of piperazine rings is 1. The molecule has 0 radical (unpaired) electrons. The van der Waals surface area contributed by atoms with Crippen molar-refractivity contribution in [3.8, 4) is 0 Å². The van der Waals surface area contributed by atoms with Gasteiger partial charge in [-0.05, 0) is 18.1 Å². The maximum Gasteiger partial charge on any atom is 0.219 e. The largest absolute Gasteiger partial charge is 0.379 e. The summed E-state index contributed by atoms with van der Waals surface area (Å²) in [4.78, 5) is 23.0. The molecular weight excluding hydrogens is 481 g/mol. The van der Waals surface area contributed by atoms with Crippen LogP contribution in [0.2, 0.25) is 0 Å². The minimum atomic E-state index is 0. The number of hydrogen-bond acceptors (Lipinski definition) is 4. The topological polar surface area (TPSA) is 60.4 Å². The molecule has 8 heteroatoms. The summed E-state index contributed by atoms with van der Waals surface area (Å²) in [5.41, 5.74) is 2.55. The molecule has 2 aliphatic rings. The Morgan fingerprint density at radius 2 is 1.72 bits per heavy atom. The summed E-state index contributed by atoms with van der Waals surface area (Å²) in [5.74, 6) is 1.09. The number of carbonyl (C=O) groups is 1. The van der Waals surface area contributed by atoms with Gasteiger partial charge in [0.25, 0.3) is 0 Å². The highest BCUT2D eigenvalue weighted by Gasteiger charge is 2.20. The monoisotopic (exact) mass is 515 g/mol. The van der Waals surface area contributed by atoms with Gasteiger partial charge >= 0.3 is 0 Å². The first-order chi connectivity index (χ1) is 13.7. The first kappa shape index (κ1) is 23.9. The predicted octanol–water partition coefficient (Wildman–Crippen LogP) is 1.77. The molecule has 2 fully saturated rings. The van der Waals surface area contributed by atoms with Gasteiger partial charge in [-0.25, -0.2) is 4.99 Å². The third-order valence-corrected chi connectivity index (χ3v) is 5.27. The van der Waals surface area contributed by atoms with Crippen LogP contribution in [0.5, 0.6) is 0 Å². The van der Waals surface area contributed by atoms with Crippen LogP contribution in [0.3, 0.4) is 0 Å². The molecule has 2 saturated heterocycles. The summed E-state index contributed by atoms with van der Waals surface area (Å²) >= 11 is 0.